The summed E-state index contributed by atoms with van der Waals surface area (Å²) in [5, 5.41) is 9.46. The van der Waals surface area contributed by atoms with Crippen LogP contribution in [-0.2, 0) is 14.8 Å². The van der Waals surface area contributed by atoms with E-state index in [4.69, 9.17) is 21.6 Å². The fourth-order valence-electron chi connectivity index (χ4n) is 3.05. The first-order valence-electron chi connectivity index (χ1n) is 8.57. The molecule has 1 saturated heterocycles. The van der Waals surface area contributed by atoms with Crippen molar-refractivity contribution in [1.29, 1.82) is 5.26 Å². The second-order valence-electron chi connectivity index (χ2n) is 6.17. The van der Waals surface area contributed by atoms with Crippen LogP contribution >= 0.6 is 11.6 Å². The number of benzene rings is 2. The average Bonchev–Trinajstić information content (AvgIpc) is 2.70. The summed E-state index contributed by atoms with van der Waals surface area (Å²) in [5.74, 6) is 0. The van der Waals surface area contributed by atoms with Crippen molar-refractivity contribution in [3.05, 3.63) is 64.7 Å². The average molecular weight is 406 g/mol. The molecule has 0 aliphatic carbocycles. The molecule has 27 heavy (non-hydrogen) atoms. The predicted molar refractivity (Wildman–Crippen MR) is 103 cm³/mol. The van der Waals surface area contributed by atoms with Crippen LogP contribution in [0.1, 0.15) is 17.2 Å². The van der Waals surface area contributed by atoms with E-state index in [2.05, 4.69) is 9.62 Å². The number of halogens is 1. The quantitative estimate of drug-likeness (QED) is 0.798. The van der Waals surface area contributed by atoms with Crippen LogP contribution in [-0.4, -0.2) is 46.2 Å². The predicted octanol–water partition coefficient (Wildman–Crippen LogP) is 2.56. The van der Waals surface area contributed by atoms with Gasteiger partial charge in [-0.15, -0.1) is 0 Å². The van der Waals surface area contributed by atoms with Gasteiger partial charge in [-0.1, -0.05) is 29.8 Å². The molecule has 0 radical (unpaired) electrons. The number of hydrogen-bond donors (Lipinski definition) is 1. The maximum Gasteiger partial charge on any atom is 0.240 e. The Labute approximate surface area is 164 Å². The fraction of sp³-hybridized carbons (Fsp3) is 0.316. The van der Waals surface area contributed by atoms with Crippen LogP contribution in [0.4, 0.5) is 0 Å². The third-order valence-corrected chi connectivity index (χ3v) is 6.29. The topological polar surface area (TPSA) is 82.4 Å². The number of nitrogens with one attached hydrogen (secondary N) is 1. The van der Waals surface area contributed by atoms with Crippen LogP contribution in [0.2, 0.25) is 5.02 Å². The Hall–Kier alpha value is -1.95. The normalized spacial score (nSPS) is 16.6. The van der Waals surface area contributed by atoms with Crippen molar-refractivity contribution in [2.45, 2.75) is 10.9 Å². The summed E-state index contributed by atoms with van der Waals surface area (Å²) in [7, 11) is -3.70. The zero-order chi connectivity index (χ0) is 19.3. The van der Waals surface area contributed by atoms with Crippen molar-refractivity contribution in [1.82, 2.24) is 9.62 Å². The summed E-state index contributed by atoms with van der Waals surface area (Å²) >= 11 is 6.37. The van der Waals surface area contributed by atoms with Crippen molar-refractivity contribution in [2.75, 3.05) is 32.8 Å². The maximum atomic E-state index is 12.7. The van der Waals surface area contributed by atoms with Crippen LogP contribution < -0.4 is 4.72 Å². The van der Waals surface area contributed by atoms with Gasteiger partial charge in [0.1, 0.15) is 0 Å². The molecule has 1 fully saturated rings. The summed E-state index contributed by atoms with van der Waals surface area (Å²) in [5.41, 5.74) is 1.29. The van der Waals surface area contributed by atoms with Gasteiger partial charge in [-0.3, -0.25) is 4.90 Å². The summed E-state index contributed by atoms with van der Waals surface area (Å²) in [4.78, 5) is 2.30. The van der Waals surface area contributed by atoms with Gasteiger partial charge in [-0.25, -0.2) is 13.1 Å². The van der Waals surface area contributed by atoms with Gasteiger partial charge in [0, 0.05) is 30.7 Å². The van der Waals surface area contributed by atoms with Gasteiger partial charge < -0.3 is 4.74 Å². The van der Waals surface area contributed by atoms with Crippen molar-refractivity contribution < 1.29 is 13.2 Å². The van der Waals surface area contributed by atoms with Gasteiger partial charge in [-0.05, 0) is 35.9 Å². The molecule has 0 spiro atoms. The van der Waals surface area contributed by atoms with Crippen LogP contribution in [0.15, 0.2) is 53.4 Å². The molecule has 142 valence electrons. The van der Waals surface area contributed by atoms with E-state index in [-0.39, 0.29) is 17.5 Å². The van der Waals surface area contributed by atoms with Crippen LogP contribution in [0.25, 0.3) is 0 Å². The molecule has 3 rings (SSSR count). The van der Waals surface area contributed by atoms with E-state index in [1.54, 1.807) is 6.07 Å². The van der Waals surface area contributed by atoms with Crippen molar-refractivity contribution in [3.63, 3.8) is 0 Å². The highest BCUT2D eigenvalue weighted by Crippen LogP contribution is 2.28. The van der Waals surface area contributed by atoms with E-state index in [1.807, 2.05) is 24.3 Å². The molecule has 8 heteroatoms. The van der Waals surface area contributed by atoms with Crippen LogP contribution in [0.3, 0.4) is 0 Å². The SMILES string of the molecule is N#Cc1ccc(S(=O)(=O)NCC(c2ccccc2Cl)N2CCOCC2)cc1. The first-order chi connectivity index (χ1) is 13.0. The van der Waals surface area contributed by atoms with Crippen molar-refractivity contribution >= 4 is 21.6 Å². The molecule has 0 aromatic heterocycles. The fourth-order valence-corrected chi connectivity index (χ4v) is 4.35. The van der Waals surface area contributed by atoms with E-state index in [0.29, 0.717) is 36.9 Å². The standard InChI is InChI=1S/C19H20ClN3O3S/c20-18-4-2-1-3-17(18)19(23-9-11-26-12-10-23)14-22-27(24,25)16-7-5-15(13-21)6-8-16/h1-8,19,22H,9-12,14H2. The Bertz CT molecular complexity index is 920. The van der Waals surface area contributed by atoms with E-state index in [1.165, 1.54) is 24.3 Å². The first kappa shape index (κ1) is 19.8. The summed E-state index contributed by atoms with van der Waals surface area (Å²) in [6.45, 7) is 2.79. The molecule has 1 atom stereocenters. The van der Waals surface area contributed by atoms with Crippen LogP contribution in [0, 0.1) is 11.3 Å². The number of nitrogens with zero attached hydrogens (tertiary/aromatic N) is 2. The van der Waals surface area contributed by atoms with Crippen molar-refractivity contribution in [2.24, 2.45) is 0 Å². The Kier molecular flexibility index (Phi) is 6.47. The molecule has 1 N–H and O–H groups in total. The molecule has 0 bridgehead atoms. The number of morpholine rings is 1. The lowest BCUT2D eigenvalue weighted by molar-refractivity contribution is 0.0172. The lowest BCUT2D eigenvalue weighted by atomic mass is 10.0. The molecule has 6 nitrogen and oxygen atoms in total. The maximum absolute atomic E-state index is 12.7. The molecule has 2 aromatic rings. The highest BCUT2D eigenvalue weighted by atomic mass is 35.5. The molecular weight excluding hydrogens is 386 g/mol. The zero-order valence-corrected chi connectivity index (χ0v) is 16.2. The second kappa shape index (κ2) is 8.83. The second-order valence-corrected chi connectivity index (χ2v) is 8.35. The van der Waals surface area contributed by atoms with Crippen LogP contribution in [0.5, 0.6) is 0 Å². The van der Waals surface area contributed by atoms with Gasteiger partial charge in [0.05, 0.1) is 29.7 Å². The summed E-state index contributed by atoms with van der Waals surface area (Å²) < 4.78 is 33.4. The van der Waals surface area contributed by atoms with Gasteiger partial charge >= 0.3 is 0 Å². The highest BCUT2D eigenvalue weighted by molar-refractivity contribution is 7.89. The van der Waals surface area contributed by atoms with Gasteiger partial charge in [-0.2, -0.15) is 5.26 Å². The smallest absolute Gasteiger partial charge is 0.240 e. The van der Waals surface area contributed by atoms with Gasteiger partial charge in [0.15, 0.2) is 0 Å². The molecule has 1 unspecified atom stereocenters. The Morgan fingerprint density at radius 2 is 1.81 bits per heavy atom. The first-order valence-corrected chi connectivity index (χ1v) is 10.4. The number of nitriles is 1. The molecular formula is C19H20ClN3O3S. The minimum Gasteiger partial charge on any atom is -0.379 e. The third-order valence-electron chi connectivity index (χ3n) is 4.51. The Morgan fingerprint density at radius 3 is 2.44 bits per heavy atom. The van der Waals surface area contributed by atoms with Crippen molar-refractivity contribution in [3.8, 4) is 6.07 Å². The largest absolute Gasteiger partial charge is 0.379 e. The monoisotopic (exact) mass is 405 g/mol. The number of ether oxygens (including phenoxy) is 1. The number of hydrogen-bond acceptors (Lipinski definition) is 5. The van der Waals surface area contributed by atoms with E-state index in [9.17, 15) is 8.42 Å². The lowest BCUT2D eigenvalue weighted by Crippen LogP contribution is -2.43. The van der Waals surface area contributed by atoms with Gasteiger partial charge in [0.2, 0.25) is 10.0 Å². The minimum atomic E-state index is -3.70. The lowest BCUT2D eigenvalue weighted by Gasteiger charge is -2.35. The number of sulfonamides is 1. The van der Waals surface area contributed by atoms with Gasteiger partial charge in [0.25, 0.3) is 0 Å². The highest BCUT2D eigenvalue weighted by Gasteiger charge is 2.26. The molecule has 1 aliphatic heterocycles. The Balaban J connectivity index is 1.81. The molecule has 1 aliphatic rings. The molecule has 0 amide bonds. The van der Waals surface area contributed by atoms with E-state index < -0.39 is 10.0 Å². The molecule has 1 heterocycles. The molecule has 0 saturated carbocycles. The summed E-state index contributed by atoms with van der Waals surface area (Å²) in [6.07, 6.45) is 0. The third kappa shape index (κ3) is 4.86. The number of rotatable bonds is 6. The van der Waals surface area contributed by atoms with E-state index >= 15 is 0 Å². The Morgan fingerprint density at radius 1 is 1.15 bits per heavy atom. The minimum absolute atomic E-state index is 0.126. The zero-order valence-electron chi connectivity index (χ0n) is 14.6. The summed E-state index contributed by atoms with van der Waals surface area (Å²) in [6, 6.07) is 15.1. The molecule has 2 aromatic carbocycles. The van der Waals surface area contributed by atoms with E-state index in [0.717, 1.165) is 5.56 Å².